The predicted molar refractivity (Wildman–Crippen MR) is 79.1 cm³/mol. The Labute approximate surface area is 117 Å². The lowest BCUT2D eigenvalue weighted by atomic mass is 10.3. The van der Waals surface area contributed by atoms with Gasteiger partial charge in [-0.2, -0.15) is 0 Å². The van der Waals surface area contributed by atoms with Gasteiger partial charge in [-0.1, -0.05) is 12.1 Å². The van der Waals surface area contributed by atoms with Crippen molar-refractivity contribution in [3.8, 4) is 0 Å². The number of rotatable bonds is 2. The average Bonchev–Trinajstić information content (AvgIpc) is 2.27. The van der Waals surface area contributed by atoms with Crippen LogP contribution < -0.4 is 5.32 Å². The lowest BCUT2D eigenvalue weighted by Gasteiger charge is -2.08. The number of hydrogen-bond donors (Lipinski definition) is 1. The number of anilines is 2. The van der Waals surface area contributed by atoms with Gasteiger partial charge in [0.05, 0.1) is 11.4 Å². The van der Waals surface area contributed by atoms with Crippen LogP contribution in [0.1, 0.15) is 5.69 Å². The van der Waals surface area contributed by atoms with Crippen molar-refractivity contribution in [3.63, 3.8) is 0 Å². The third-order valence-corrected chi connectivity index (χ3v) is 3.94. The van der Waals surface area contributed by atoms with Gasteiger partial charge in [0.15, 0.2) is 0 Å². The summed E-state index contributed by atoms with van der Waals surface area (Å²) >= 11 is 5.74. The molecule has 0 atom stereocenters. The van der Waals surface area contributed by atoms with Crippen LogP contribution in [0.25, 0.3) is 0 Å². The Bertz CT molecular complexity index is 514. The van der Waals surface area contributed by atoms with Crippen LogP contribution in [0.4, 0.5) is 11.5 Å². The topological polar surface area (TPSA) is 24.9 Å². The first kappa shape index (κ1) is 11.9. The van der Waals surface area contributed by atoms with Gasteiger partial charge < -0.3 is 5.32 Å². The number of halogens is 2. The molecule has 1 aromatic carbocycles. The van der Waals surface area contributed by atoms with Gasteiger partial charge in [-0.15, -0.1) is 0 Å². The van der Waals surface area contributed by atoms with E-state index in [0.29, 0.717) is 0 Å². The Hall–Kier alpha value is -0.620. The Morgan fingerprint density at radius 2 is 1.94 bits per heavy atom. The molecule has 1 N–H and O–H groups in total. The average molecular weight is 389 g/mol. The minimum absolute atomic E-state index is 0.866. The molecule has 2 rings (SSSR count). The minimum atomic E-state index is 0.866. The maximum absolute atomic E-state index is 4.45. The highest BCUT2D eigenvalue weighted by Gasteiger charge is 2.01. The summed E-state index contributed by atoms with van der Waals surface area (Å²) in [6.45, 7) is 1.98. The van der Waals surface area contributed by atoms with E-state index in [1.807, 2.05) is 37.3 Å². The second-order valence-electron chi connectivity index (χ2n) is 3.37. The predicted octanol–water partition coefficient (Wildman–Crippen LogP) is 4.50. The molecule has 0 saturated heterocycles. The van der Waals surface area contributed by atoms with Crippen molar-refractivity contribution in [2.45, 2.75) is 6.92 Å². The number of nitrogens with zero attached hydrogens (tertiary/aromatic N) is 1. The van der Waals surface area contributed by atoms with Gasteiger partial charge in [-0.3, -0.25) is 0 Å². The zero-order valence-electron chi connectivity index (χ0n) is 8.67. The third kappa shape index (κ3) is 2.74. The fourth-order valence-corrected chi connectivity index (χ4v) is 2.06. The van der Waals surface area contributed by atoms with Crippen molar-refractivity contribution in [1.29, 1.82) is 0 Å². The van der Waals surface area contributed by atoms with Gasteiger partial charge >= 0.3 is 0 Å². The zero-order chi connectivity index (χ0) is 11.5. The van der Waals surface area contributed by atoms with Crippen LogP contribution in [0.15, 0.2) is 40.9 Å². The van der Waals surface area contributed by atoms with Crippen LogP contribution in [0, 0.1) is 10.5 Å². The van der Waals surface area contributed by atoms with E-state index in [9.17, 15) is 0 Å². The molecule has 82 valence electrons. The van der Waals surface area contributed by atoms with E-state index in [4.69, 9.17) is 0 Å². The molecule has 0 unspecified atom stereocenters. The van der Waals surface area contributed by atoms with Gasteiger partial charge in [0, 0.05) is 8.04 Å². The molecule has 0 fully saturated rings. The van der Waals surface area contributed by atoms with E-state index < -0.39 is 0 Å². The number of benzene rings is 1. The summed E-state index contributed by atoms with van der Waals surface area (Å²) in [5, 5.41) is 3.30. The maximum Gasteiger partial charge on any atom is 0.130 e. The maximum atomic E-state index is 4.45. The lowest BCUT2D eigenvalue weighted by molar-refractivity contribution is 1.18. The van der Waals surface area contributed by atoms with Gasteiger partial charge in [-0.25, -0.2) is 4.98 Å². The van der Waals surface area contributed by atoms with Crippen molar-refractivity contribution in [2.24, 2.45) is 0 Å². The summed E-state index contributed by atoms with van der Waals surface area (Å²) in [4.78, 5) is 4.45. The van der Waals surface area contributed by atoms with Crippen molar-refractivity contribution in [2.75, 3.05) is 5.32 Å². The molecule has 16 heavy (non-hydrogen) atoms. The van der Waals surface area contributed by atoms with Crippen LogP contribution in [0.3, 0.4) is 0 Å². The summed E-state index contributed by atoms with van der Waals surface area (Å²) < 4.78 is 2.21. The fourth-order valence-electron chi connectivity index (χ4n) is 1.31. The molecule has 0 bridgehead atoms. The summed E-state index contributed by atoms with van der Waals surface area (Å²) in [5.74, 6) is 0.866. The smallest absolute Gasteiger partial charge is 0.130 e. The van der Waals surface area contributed by atoms with E-state index >= 15 is 0 Å². The molecule has 0 saturated carbocycles. The number of nitrogens with one attached hydrogen (secondary N) is 1. The van der Waals surface area contributed by atoms with Crippen molar-refractivity contribution >= 4 is 50.0 Å². The molecule has 0 spiro atoms. The highest BCUT2D eigenvalue weighted by Crippen LogP contribution is 2.23. The van der Waals surface area contributed by atoms with Gasteiger partial charge in [0.1, 0.15) is 5.82 Å². The molecule has 0 amide bonds. The number of para-hydroxylation sites is 1. The zero-order valence-corrected chi connectivity index (χ0v) is 12.4. The normalized spacial score (nSPS) is 10.2. The molecule has 0 aliphatic rings. The third-order valence-electron chi connectivity index (χ3n) is 2.16. The SMILES string of the molecule is Cc1nc(Nc2ccccc2I)ccc1Br. The van der Waals surface area contributed by atoms with E-state index in [0.717, 1.165) is 21.7 Å². The Morgan fingerprint density at radius 1 is 1.19 bits per heavy atom. The van der Waals surface area contributed by atoms with E-state index in [-0.39, 0.29) is 0 Å². The minimum Gasteiger partial charge on any atom is -0.339 e. The van der Waals surface area contributed by atoms with Crippen LogP contribution in [0.2, 0.25) is 0 Å². The van der Waals surface area contributed by atoms with Gasteiger partial charge in [0.2, 0.25) is 0 Å². The lowest BCUT2D eigenvalue weighted by Crippen LogP contribution is -1.96. The quantitative estimate of drug-likeness (QED) is 0.766. The molecular formula is C12H10BrIN2. The largest absolute Gasteiger partial charge is 0.339 e. The number of pyridine rings is 1. The van der Waals surface area contributed by atoms with E-state index in [1.165, 1.54) is 3.57 Å². The van der Waals surface area contributed by atoms with Crippen LogP contribution >= 0.6 is 38.5 Å². The van der Waals surface area contributed by atoms with Crippen molar-refractivity contribution < 1.29 is 0 Å². The molecule has 1 aromatic heterocycles. The monoisotopic (exact) mass is 388 g/mol. The van der Waals surface area contributed by atoms with Gasteiger partial charge in [0.25, 0.3) is 0 Å². The number of aryl methyl sites for hydroxylation is 1. The highest BCUT2D eigenvalue weighted by atomic mass is 127. The second-order valence-corrected chi connectivity index (χ2v) is 5.39. The molecule has 0 aliphatic carbocycles. The Kier molecular flexibility index (Phi) is 3.81. The molecule has 0 radical (unpaired) electrons. The van der Waals surface area contributed by atoms with Crippen molar-refractivity contribution in [3.05, 3.63) is 50.1 Å². The summed E-state index contributed by atoms with van der Waals surface area (Å²) in [6, 6.07) is 12.1. The molecular weight excluding hydrogens is 379 g/mol. The first-order valence-corrected chi connectivity index (χ1v) is 6.68. The standard InChI is InChI=1S/C12H10BrIN2/c1-8-9(13)6-7-12(15-8)16-11-5-3-2-4-10(11)14/h2-7H,1H3,(H,15,16). The Balaban J connectivity index is 2.28. The van der Waals surface area contributed by atoms with E-state index in [2.05, 4.69) is 54.9 Å². The summed E-state index contributed by atoms with van der Waals surface area (Å²) in [5.41, 5.74) is 2.06. The second kappa shape index (κ2) is 5.14. The molecule has 4 heteroatoms. The van der Waals surface area contributed by atoms with Crippen LogP contribution in [0.5, 0.6) is 0 Å². The fraction of sp³-hybridized carbons (Fsp3) is 0.0833. The molecule has 0 aliphatic heterocycles. The van der Waals surface area contributed by atoms with E-state index in [1.54, 1.807) is 0 Å². The first-order valence-electron chi connectivity index (χ1n) is 4.81. The van der Waals surface area contributed by atoms with Crippen LogP contribution in [-0.4, -0.2) is 4.98 Å². The summed E-state index contributed by atoms with van der Waals surface area (Å²) in [6.07, 6.45) is 0. The number of hydrogen-bond acceptors (Lipinski definition) is 2. The number of aromatic nitrogens is 1. The highest BCUT2D eigenvalue weighted by molar-refractivity contribution is 14.1. The first-order chi connectivity index (χ1) is 7.66. The van der Waals surface area contributed by atoms with Gasteiger partial charge in [-0.05, 0) is 69.7 Å². The molecule has 2 nitrogen and oxygen atoms in total. The molecule has 1 heterocycles. The van der Waals surface area contributed by atoms with Crippen LogP contribution in [-0.2, 0) is 0 Å². The van der Waals surface area contributed by atoms with Crippen molar-refractivity contribution in [1.82, 2.24) is 4.98 Å². The summed E-state index contributed by atoms with van der Waals surface area (Å²) in [7, 11) is 0. The Morgan fingerprint density at radius 3 is 2.62 bits per heavy atom. The molecule has 2 aromatic rings.